The van der Waals surface area contributed by atoms with Gasteiger partial charge in [-0.1, -0.05) is 23.2 Å². The molecule has 0 amide bonds. The van der Waals surface area contributed by atoms with Gasteiger partial charge in [0.15, 0.2) is 0 Å². The maximum absolute atomic E-state index is 13.2. The molecule has 0 atom stereocenters. The Morgan fingerprint density at radius 3 is 2.17 bits per heavy atom. The molecule has 0 fully saturated rings. The molecule has 0 aliphatic carbocycles. The van der Waals surface area contributed by atoms with Gasteiger partial charge in [-0.25, -0.2) is 4.39 Å². The second-order valence-corrected chi connectivity index (χ2v) is 4.37. The van der Waals surface area contributed by atoms with Crippen molar-refractivity contribution in [1.29, 1.82) is 5.26 Å². The van der Waals surface area contributed by atoms with E-state index in [0.29, 0.717) is 15.8 Å². The van der Waals surface area contributed by atoms with Crippen LogP contribution in [0.5, 0.6) is 11.5 Å². The highest BCUT2D eigenvalue weighted by Gasteiger charge is 2.04. The molecule has 0 unspecified atom stereocenters. The molecule has 0 bridgehead atoms. The molecule has 0 N–H and O–H groups in total. The lowest BCUT2D eigenvalue weighted by Gasteiger charge is -2.07. The van der Waals surface area contributed by atoms with E-state index in [9.17, 15) is 4.39 Å². The minimum absolute atomic E-state index is 0.179. The molecule has 0 aliphatic rings. The van der Waals surface area contributed by atoms with Gasteiger partial charge in [0, 0.05) is 16.1 Å². The van der Waals surface area contributed by atoms with E-state index in [1.165, 1.54) is 12.1 Å². The Balaban J connectivity index is 2.34. The lowest BCUT2D eigenvalue weighted by molar-refractivity contribution is 0.476. The summed E-state index contributed by atoms with van der Waals surface area (Å²) in [6.45, 7) is 0. The second-order valence-electron chi connectivity index (χ2n) is 3.49. The zero-order valence-corrected chi connectivity index (χ0v) is 10.5. The summed E-state index contributed by atoms with van der Waals surface area (Å²) >= 11 is 11.6. The third kappa shape index (κ3) is 3.13. The normalized spacial score (nSPS) is 9.89. The summed E-state index contributed by atoms with van der Waals surface area (Å²) in [5.41, 5.74) is 0.179. The molecule has 2 aromatic rings. The van der Waals surface area contributed by atoms with E-state index in [1.807, 2.05) is 6.07 Å². The van der Waals surface area contributed by atoms with Crippen molar-refractivity contribution in [3.05, 3.63) is 57.8 Å². The van der Waals surface area contributed by atoms with Crippen LogP contribution in [0, 0.1) is 17.1 Å². The third-order valence-corrected chi connectivity index (χ3v) is 2.51. The highest BCUT2D eigenvalue weighted by atomic mass is 35.5. The summed E-state index contributed by atoms with van der Waals surface area (Å²) in [7, 11) is 0. The van der Waals surface area contributed by atoms with E-state index in [2.05, 4.69) is 0 Å². The predicted octanol–water partition coefficient (Wildman–Crippen LogP) is 4.80. The van der Waals surface area contributed by atoms with E-state index >= 15 is 0 Å². The maximum Gasteiger partial charge on any atom is 0.131 e. The number of benzene rings is 2. The highest BCUT2D eigenvalue weighted by Crippen LogP contribution is 2.29. The lowest BCUT2D eigenvalue weighted by Crippen LogP contribution is -1.87. The number of halogens is 3. The molecule has 0 saturated heterocycles. The van der Waals surface area contributed by atoms with Crippen LogP contribution in [-0.4, -0.2) is 0 Å². The monoisotopic (exact) mass is 281 g/mol. The average molecular weight is 282 g/mol. The first kappa shape index (κ1) is 12.7. The van der Waals surface area contributed by atoms with E-state index in [1.54, 1.807) is 18.2 Å². The Hall–Kier alpha value is -1.76. The summed E-state index contributed by atoms with van der Waals surface area (Å²) < 4.78 is 18.6. The van der Waals surface area contributed by atoms with Crippen molar-refractivity contribution in [1.82, 2.24) is 0 Å². The molecule has 0 saturated carbocycles. The van der Waals surface area contributed by atoms with Crippen LogP contribution in [0.25, 0.3) is 0 Å². The van der Waals surface area contributed by atoms with E-state index in [-0.39, 0.29) is 11.3 Å². The summed E-state index contributed by atoms with van der Waals surface area (Å²) in [4.78, 5) is 0. The molecule has 2 rings (SSSR count). The van der Waals surface area contributed by atoms with E-state index < -0.39 is 5.82 Å². The summed E-state index contributed by atoms with van der Waals surface area (Å²) in [5.74, 6) is 0.0454. The van der Waals surface area contributed by atoms with Gasteiger partial charge in [0.1, 0.15) is 17.3 Å². The number of hydrogen-bond acceptors (Lipinski definition) is 2. The molecular formula is C13H6Cl2FNO. The molecule has 0 aliphatic heterocycles. The summed E-state index contributed by atoms with van der Waals surface area (Å²) in [6.07, 6.45) is 0. The molecule has 0 spiro atoms. The maximum atomic E-state index is 13.2. The number of ether oxygens (including phenoxy) is 1. The molecule has 2 nitrogen and oxygen atoms in total. The first-order valence-electron chi connectivity index (χ1n) is 4.91. The minimum Gasteiger partial charge on any atom is -0.457 e. The summed E-state index contributed by atoms with van der Waals surface area (Å²) in [5, 5.41) is 9.55. The van der Waals surface area contributed by atoms with Gasteiger partial charge in [-0.2, -0.15) is 5.26 Å². The van der Waals surface area contributed by atoms with Crippen LogP contribution in [0.15, 0.2) is 36.4 Å². The van der Waals surface area contributed by atoms with Crippen molar-refractivity contribution < 1.29 is 9.13 Å². The number of nitrogens with zero attached hydrogens (tertiary/aromatic N) is 1. The van der Waals surface area contributed by atoms with Crippen molar-refractivity contribution >= 4 is 23.2 Å². The van der Waals surface area contributed by atoms with Crippen LogP contribution in [0.3, 0.4) is 0 Å². The zero-order valence-electron chi connectivity index (χ0n) is 8.95. The van der Waals surface area contributed by atoms with Gasteiger partial charge in [-0.05, 0) is 30.3 Å². The Kier molecular flexibility index (Phi) is 3.71. The summed E-state index contributed by atoms with van der Waals surface area (Å²) in [6, 6.07) is 10.2. The van der Waals surface area contributed by atoms with Crippen LogP contribution in [0.2, 0.25) is 10.0 Å². The first-order chi connectivity index (χ1) is 8.56. The Morgan fingerprint density at radius 2 is 1.56 bits per heavy atom. The van der Waals surface area contributed by atoms with Crippen molar-refractivity contribution in [2.24, 2.45) is 0 Å². The van der Waals surface area contributed by atoms with Crippen molar-refractivity contribution in [2.75, 3.05) is 0 Å². The molecular weight excluding hydrogens is 276 g/mol. The zero-order chi connectivity index (χ0) is 13.1. The van der Waals surface area contributed by atoms with Crippen molar-refractivity contribution in [2.45, 2.75) is 0 Å². The van der Waals surface area contributed by atoms with Crippen LogP contribution >= 0.6 is 23.2 Å². The lowest BCUT2D eigenvalue weighted by atomic mass is 10.2. The first-order valence-corrected chi connectivity index (χ1v) is 5.67. The van der Waals surface area contributed by atoms with Crippen LogP contribution in [0.1, 0.15) is 5.56 Å². The van der Waals surface area contributed by atoms with Gasteiger partial charge < -0.3 is 4.74 Å². The fourth-order valence-electron chi connectivity index (χ4n) is 1.41. The Bertz CT molecular complexity index is 617. The molecule has 2 aromatic carbocycles. The molecule has 0 heterocycles. The van der Waals surface area contributed by atoms with Crippen molar-refractivity contribution in [3.63, 3.8) is 0 Å². The topological polar surface area (TPSA) is 33.0 Å². The SMILES string of the molecule is N#Cc1cc(F)cc(Oc2cc(Cl)cc(Cl)c2)c1. The molecule has 90 valence electrons. The number of nitriles is 1. The predicted molar refractivity (Wildman–Crippen MR) is 67.7 cm³/mol. The second kappa shape index (κ2) is 5.26. The van der Waals surface area contributed by atoms with Gasteiger partial charge in [0.05, 0.1) is 11.6 Å². The average Bonchev–Trinajstić information content (AvgIpc) is 2.26. The van der Waals surface area contributed by atoms with Gasteiger partial charge >= 0.3 is 0 Å². The minimum atomic E-state index is -0.544. The fourth-order valence-corrected chi connectivity index (χ4v) is 1.92. The molecule has 0 radical (unpaired) electrons. The molecule has 18 heavy (non-hydrogen) atoms. The third-order valence-electron chi connectivity index (χ3n) is 2.07. The van der Waals surface area contributed by atoms with E-state index in [0.717, 1.165) is 6.07 Å². The van der Waals surface area contributed by atoms with Crippen molar-refractivity contribution in [3.8, 4) is 17.6 Å². The van der Waals surface area contributed by atoms with Crippen LogP contribution in [-0.2, 0) is 0 Å². The smallest absolute Gasteiger partial charge is 0.131 e. The fraction of sp³-hybridized carbons (Fsp3) is 0. The Morgan fingerprint density at radius 1 is 0.944 bits per heavy atom. The molecule has 5 heteroatoms. The van der Waals surface area contributed by atoms with Gasteiger partial charge in [-0.15, -0.1) is 0 Å². The quantitative estimate of drug-likeness (QED) is 0.792. The largest absolute Gasteiger partial charge is 0.457 e. The Labute approximate surface area is 113 Å². The number of hydrogen-bond donors (Lipinski definition) is 0. The van der Waals surface area contributed by atoms with Gasteiger partial charge in [0.2, 0.25) is 0 Å². The number of rotatable bonds is 2. The van der Waals surface area contributed by atoms with Crippen LogP contribution in [0.4, 0.5) is 4.39 Å². The van der Waals surface area contributed by atoms with Crippen LogP contribution < -0.4 is 4.74 Å². The standard InChI is InChI=1S/C13H6Cl2FNO/c14-9-3-10(15)5-13(4-9)18-12-2-8(7-17)1-11(16)6-12/h1-6H. The van der Waals surface area contributed by atoms with E-state index in [4.69, 9.17) is 33.2 Å². The van der Waals surface area contributed by atoms with Gasteiger partial charge in [0.25, 0.3) is 0 Å². The highest BCUT2D eigenvalue weighted by molar-refractivity contribution is 6.34. The molecule has 0 aromatic heterocycles. The van der Waals surface area contributed by atoms with Gasteiger partial charge in [-0.3, -0.25) is 0 Å².